The number of nitrogens with zero attached hydrogens (tertiary/aromatic N) is 2. The van der Waals surface area contributed by atoms with Gasteiger partial charge in [-0.05, 0) is 60.9 Å². The first kappa shape index (κ1) is 26.2. The van der Waals surface area contributed by atoms with E-state index in [2.05, 4.69) is 40.5 Å². The minimum atomic E-state index is -0.603. The van der Waals surface area contributed by atoms with E-state index in [1.54, 1.807) is 0 Å². The third-order valence-electron chi connectivity index (χ3n) is 7.76. The van der Waals surface area contributed by atoms with Gasteiger partial charge in [0.1, 0.15) is 0 Å². The molecule has 0 radical (unpaired) electrons. The van der Waals surface area contributed by atoms with Crippen molar-refractivity contribution >= 4 is 23.2 Å². The van der Waals surface area contributed by atoms with Gasteiger partial charge in [-0.3, -0.25) is 20.1 Å². The molecule has 2 atom stereocenters. The van der Waals surface area contributed by atoms with Crippen LogP contribution in [0.25, 0.3) is 0 Å². The molecule has 0 aromatic heterocycles. The molecule has 194 valence electrons. The Labute approximate surface area is 214 Å². The Morgan fingerprint density at radius 3 is 2.47 bits per heavy atom. The number of hydrogen-bond donors (Lipinski definition) is 3. The zero-order valence-electron chi connectivity index (χ0n) is 21.6. The number of nitrogens with one attached hydrogen (secondary N) is 2. The number of rotatable bonds is 9. The summed E-state index contributed by atoms with van der Waals surface area (Å²) in [6.07, 6.45) is 9.07. The predicted octanol–water partition coefficient (Wildman–Crippen LogP) is 4.42. The summed E-state index contributed by atoms with van der Waals surface area (Å²) in [6.45, 7) is 0.459. The van der Waals surface area contributed by atoms with Gasteiger partial charge in [0, 0.05) is 25.5 Å². The number of fused-ring (bicyclic) bond motifs is 1. The van der Waals surface area contributed by atoms with Crippen molar-refractivity contribution in [2.24, 2.45) is 5.92 Å². The zero-order chi connectivity index (χ0) is 25.5. The molecule has 0 bridgehead atoms. The van der Waals surface area contributed by atoms with Crippen molar-refractivity contribution in [3.8, 4) is 0 Å². The van der Waals surface area contributed by atoms with Crippen LogP contribution in [0.5, 0.6) is 0 Å². The van der Waals surface area contributed by atoms with E-state index in [0.29, 0.717) is 25.3 Å². The second kappa shape index (κ2) is 12.4. The molecule has 3 N–H and O–H groups in total. The maximum atomic E-state index is 13.9. The molecule has 2 amide bonds. The molecule has 1 unspecified atom stereocenters. The number of anilines is 2. The Morgan fingerprint density at radius 1 is 1.06 bits per heavy atom. The maximum absolute atomic E-state index is 13.9. The molecule has 4 rings (SSSR count). The molecular formula is C29H40N4O3. The first-order valence-corrected chi connectivity index (χ1v) is 13.3. The SMILES string of the molecule is CN(C)c1ccc(CN2C(=O)C(N[C@@H](CCC3CCCCC3)C(=O)NO)CCc3ccccc32)cc1. The minimum absolute atomic E-state index is 0.0370. The van der Waals surface area contributed by atoms with Crippen LogP contribution in [0.4, 0.5) is 11.4 Å². The molecule has 2 aromatic rings. The van der Waals surface area contributed by atoms with Gasteiger partial charge in [0.25, 0.3) is 5.91 Å². The van der Waals surface area contributed by atoms with Crippen LogP contribution in [0.15, 0.2) is 48.5 Å². The number of benzene rings is 2. The standard InChI is InChI=1S/C29H40N4O3/c1-32(2)24-16-12-22(13-17-24)20-33-27-11-7-6-10-23(27)15-19-26(29(33)35)30-25(28(34)31-36)18-14-21-8-4-3-5-9-21/h6-7,10-13,16-17,21,25-26,30,36H,3-5,8-9,14-15,18-20H2,1-2H3,(H,31,34)/t25-,26?/m0/s1. The van der Waals surface area contributed by atoms with E-state index in [-0.39, 0.29) is 5.91 Å². The van der Waals surface area contributed by atoms with Crippen LogP contribution in [0.2, 0.25) is 0 Å². The van der Waals surface area contributed by atoms with Crippen molar-refractivity contribution in [1.82, 2.24) is 10.8 Å². The van der Waals surface area contributed by atoms with Crippen molar-refractivity contribution < 1.29 is 14.8 Å². The highest BCUT2D eigenvalue weighted by Crippen LogP contribution is 2.30. The zero-order valence-corrected chi connectivity index (χ0v) is 21.6. The van der Waals surface area contributed by atoms with Crippen molar-refractivity contribution in [1.29, 1.82) is 0 Å². The molecule has 1 aliphatic carbocycles. The fourth-order valence-corrected chi connectivity index (χ4v) is 5.60. The smallest absolute Gasteiger partial charge is 0.260 e. The minimum Gasteiger partial charge on any atom is -0.378 e. The van der Waals surface area contributed by atoms with E-state index in [4.69, 9.17) is 0 Å². The lowest BCUT2D eigenvalue weighted by molar-refractivity contribution is -0.132. The van der Waals surface area contributed by atoms with Crippen LogP contribution in [0.1, 0.15) is 62.5 Å². The fourth-order valence-electron chi connectivity index (χ4n) is 5.60. The highest BCUT2D eigenvalue weighted by Gasteiger charge is 2.33. The summed E-state index contributed by atoms with van der Waals surface area (Å²) < 4.78 is 0. The Morgan fingerprint density at radius 2 is 1.78 bits per heavy atom. The molecule has 0 saturated heterocycles. The van der Waals surface area contributed by atoms with E-state index in [1.807, 2.05) is 42.7 Å². The van der Waals surface area contributed by atoms with Crippen LogP contribution in [0.3, 0.4) is 0 Å². The lowest BCUT2D eigenvalue weighted by atomic mass is 9.85. The van der Waals surface area contributed by atoms with Gasteiger partial charge in [-0.1, -0.05) is 62.4 Å². The number of amides is 2. The van der Waals surface area contributed by atoms with E-state index < -0.39 is 18.0 Å². The molecule has 1 saturated carbocycles. The largest absolute Gasteiger partial charge is 0.378 e. The number of hydrogen-bond acceptors (Lipinski definition) is 5. The monoisotopic (exact) mass is 492 g/mol. The first-order chi connectivity index (χ1) is 17.5. The number of carbonyl (C=O) groups excluding carboxylic acids is 2. The van der Waals surface area contributed by atoms with Crippen LogP contribution in [-0.2, 0) is 22.6 Å². The van der Waals surface area contributed by atoms with Crippen LogP contribution < -0.4 is 20.6 Å². The molecule has 1 aliphatic heterocycles. The molecule has 1 heterocycles. The van der Waals surface area contributed by atoms with Crippen LogP contribution in [-0.4, -0.2) is 43.2 Å². The third kappa shape index (κ3) is 6.45. The summed E-state index contributed by atoms with van der Waals surface area (Å²) in [5.41, 5.74) is 6.04. The molecule has 2 aromatic carbocycles. The Hall–Kier alpha value is -2.90. The topological polar surface area (TPSA) is 84.9 Å². The Kier molecular flexibility index (Phi) is 8.99. The van der Waals surface area contributed by atoms with Crippen LogP contribution >= 0.6 is 0 Å². The van der Waals surface area contributed by atoms with Gasteiger partial charge < -0.3 is 9.80 Å². The lowest BCUT2D eigenvalue weighted by Crippen LogP contribution is -2.53. The highest BCUT2D eigenvalue weighted by atomic mass is 16.5. The fraction of sp³-hybridized carbons (Fsp3) is 0.517. The maximum Gasteiger partial charge on any atom is 0.260 e. The van der Waals surface area contributed by atoms with Gasteiger partial charge in [-0.2, -0.15) is 0 Å². The first-order valence-electron chi connectivity index (χ1n) is 13.3. The lowest BCUT2D eigenvalue weighted by Gasteiger charge is -2.29. The summed E-state index contributed by atoms with van der Waals surface area (Å²) in [6, 6.07) is 15.2. The summed E-state index contributed by atoms with van der Waals surface area (Å²) in [7, 11) is 4.01. The second-order valence-corrected chi connectivity index (χ2v) is 10.5. The molecule has 36 heavy (non-hydrogen) atoms. The number of carbonyl (C=O) groups is 2. The second-order valence-electron chi connectivity index (χ2n) is 10.5. The molecular weight excluding hydrogens is 452 g/mol. The van der Waals surface area contributed by atoms with Gasteiger partial charge in [0.15, 0.2) is 0 Å². The Bertz CT molecular complexity index is 1020. The number of para-hydroxylation sites is 1. The average Bonchev–Trinajstić information content (AvgIpc) is 3.03. The van der Waals surface area contributed by atoms with E-state index in [9.17, 15) is 14.8 Å². The van der Waals surface area contributed by atoms with Crippen molar-refractivity contribution in [3.05, 3.63) is 59.7 Å². The average molecular weight is 493 g/mol. The quantitative estimate of drug-likeness (QED) is 0.356. The van der Waals surface area contributed by atoms with Gasteiger partial charge in [-0.25, -0.2) is 5.48 Å². The summed E-state index contributed by atoms with van der Waals surface area (Å²) in [5.74, 6) is 0.113. The number of aryl methyl sites for hydroxylation is 1. The van der Waals surface area contributed by atoms with Gasteiger partial charge in [-0.15, -0.1) is 0 Å². The number of hydroxylamine groups is 1. The molecule has 7 nitrogen and oxygen atoms in total. The Balaban J connectivity index is 1.52. The highest BCUT2D eigenvalue weighted by molar-refractivity contribution is 5.99. The molecule has 2 aliphatic rings. The van der Waals surface area contributed by atoms with Gasteiger partial charge in [0.2, 0.25) is 5.91 Å². The van der Waals surface area contributed by atoms with E-state index >= 15 is 0 Å². The van der Waals surface area contributed by atoms with E-state index in [1.165, 1.54) is 32.1 Å². The molecule has 0 spiro atoms. The van der Waals surface area contributed by atoms with Crippen molar-refractivity contribution in [2.45, 2.75) is 76.4 Å². The van der Waals surface area contributed by atoms with Gasteiger partial charge >= 0.3 is 0 Å². The molecule has 1 fully saturated rings. The van der Waals surface area contributed by atoms with Crippen LogP contribution in [0, 0.1) is 5.92 Å². The predicted molar refractivity (Wildman–Crippen MR) is 143 cm³/mol. The normalized spacial score (nSPS) is 19.4. The third-order valence-corrected chi connectivity index (χ3v) is 7.76. The molecule has 7 heteroatoms. The summed E-state index contributed by atoms with van der Waals surface area (Å²) in [4.78, 5) is 30.4. The van der Waals surface area contributed by atoms with Crippen molar-refractivity contribution in [2.75, 3.05) is 23.9 Å². The summed E-state index contributed by atoms with van der Waals surface area (Å²) >= 11 is 0. The van der Waals surface area contributed by atoms with E-state index in [0.717, 1.165) is 35.3 Å². The summed E-state index contributed by atoms with van der Waals surface area (Å²) in [5, 5.41) is 12.7. The van der Waals surface area contributed by atoms with Gasteiger partial charge in [0.05, 0.1) is 18.6 Å². The van der Waals surface area contributed by atoms with Crippen molar-refractivity contribution in [3.63, 3.8) is 0 Å².